The number of methoxy groups -OCH3 is 1. The third-order valence-corrected chi connectivity index (χ3v) is 4.76. The van der Waals surface area contributed by atoms with Crippen LogP contribution in [0.4, 0.5) is 4.79 Å². The van der Waals surface area contributed by atoms with Gasteiger partial charge in [-0.15, -0.1) is 0 Å². The van der Waals surface area contributed by atoms with Crippen LogP contribution in [-0.4, -0.2) is 65.7 Å². The number of nitrogens with zero attached hydrogens (tertiary/aromatic N) is 1. The summed E-state index contributed by atoms with van der Waals surface area (Å²) >= 11 is 0. The lowest BCUT2D eigenvalue weighted by atomic mass is 9.98. The van der Waals surface area contributed by atoms with Crippen LogP contribution in [0.15, 0.2) is 24.3 Å². The fourth-order valence-electron chi connectivity index (χ4n) is 3.19. The first-order valence-corrected chi connectivity index (χ1v) is 11.2. The van der Waals surface area contributed by atoms with Gasteiger partial charge in [-0.1, -0.05) is 32.9 Å². The van der Waals surface area contributed by atoms with Crippen molar-refractivity contribution >= 4 is 23.9 Å². The number of hydrogen-bond donors (Lipinski definition) is 3. The average Bonchev–Trinajstić information content (AvgIpc) is 2.74. The van der Waals surface area contributed by atoms with Crippen molar-refractivity contribution in [1.82, 2.24) is 15.5 Å². The molecule has 0 fully saturated rings. The van der Waals surface area contributed by atoms with Gasteiger partial charge in [0.05, 0.1) is 7.11 Å². The predicted molar refractivity (Wildman–Crippen MR) is 126 cm³/mol. The topological polar surface area (TPSA) is 134 Å². The van der Waals surface area contributed by atoms with Crippen molar-refractivity contribution in [3.05, 3.63) is 29.8 Å². The van der Waals surface area contributed by atoms with Crippen molar-refractivity contribution in [2.45, 2.75) is 65.6 Å². The molecule has 3 amide bonds. The quantitative estimate of drug-likeness (QED) is 0.439. The second-order valence-corrected chi connectivity index (χ2v) is 9.19. The number of hydrogen-bond acceptors (Lipinski definition) is 7. The highest BCUT2D eigenvalue weighted by Crippen LogP contribution is 2.26. The molecule has 190 valence electrons. The zero-order valence-electron chi connectivity index (χ0n) is 21.0. The molecule has 0 bridgehead atoms. The Bertz CT molecular complexity index is 847. The number of benzene rings is 1. The van der Waals surface area contributed by atoms with E-state index in [9.17, 15) is 24.3 Å². The Labute approximate surface area is 201 Å². The lowest BCUT2D eigenvalue weighted by Gasteiger charge is -2.35. The predicted octanol–water partition coefficient (Wildman–Crippen LogP) is 2.51. The number of nitrogens with one attached hydrogen (secondary N) is 2. The monoisotopic (exact) mass is 479 g/mol. The lowest BCUT2D eigenvalue weighted by Crippen LogP contribution is -2.55. The first-order chi connectivity index (χ1) is 15.8. The van der Waals surface area contributed by atoms with Crippen LogP contribution in [0, 0.1) is 5.92 Å². The van der Waals surface area contributed by atoms with Crippen molar-refractivity contribution in [3.63, 3.8) is 0 Å². The summed E-state index contributed by atoms with van der Waals surface area (Å²) in [4.78, 5) is 52.2. The summed E-state index contributed by atoms with van der Waals surface area (Å²) in [6.45, 7) is 10.4. The van der Waals surface area contributed by atoms with Gasteiger partial charge in [-0.05, 0) is 50.8 Å². The van der Waals surface area contributed by atoms with E-state index in [2.05, 4.69) is 15.4 Å². The molecule has 0 heterocycles. The molecule has 3 N–H and O–H groups in total. The molecule has 0 aromatic heterocycles. The smallest absolute Gasteiger partial charge is 0.408 e. The van der Waals surface area contributed by atoms with Gasteiger partial charge in [0.1, 0.15) is 30.0 Å². The highest BCUT2D eigenvalue weighted by Gasteiger charge is 2.37. The Morgan fingerprint density at radius 2 is 1.68 bits per heavy atom. The molecule has 1 aromatic rings. The van der Waals surface area contributed by atoms with Crippen LogP contribution >= 0.6 is 0 Å². The molecular weight excluding hydrogens is 442 g/mol. The van der Waals surface area contributed by atoms with Gasteiger partial charge in [-0.25, -0.2) is 4.79 Å². The van der Waals surface area contributed by atoms with Crippen LogP contribution in [-0.2, 0) is 23.9 Å². The minimum Gasteiger partial charge on any atom is -0.508 e. The molecule has 0 radical (unpaired) electrons. The van der Waals surface area contributed by atoms with E-state index >= 15 is 0 Å². The number of carbonyl (C=O) groups is 4. The number of phenolic OH excluding ortho intramolecular Hbond substituents is 1. The second kappa shape index (κ2) is 12.8. The zero-order chi connectivity index (χ0) is 26.1. The highest BCUT2D eigenvalue weighted by molar-refractivity contribution is 5.93. The molecule has 0 spiro atoms. The third kappa shape index (κ3) is 8.92. The first kappa shape index (κ1) is 28.7. The maximum Gasteiger partial charge on any atom is 0.408 e. The number of rotatable bonds is 10. The van der Waals surface area contributed by atoms with Crippen LogP contribution in [0.2, 0.25) is 0 Å². The summed E-state index contributed by atoms with van der Waals surface area (Å²) < 4.78 is 9.89. The molecule has 2 atom stereocenters. The molecule has 2 unspecified atom stereocenters. The Morgan fingerprint density at radius 1 is 1.09 bits per heavy atom. The van der Waals surface area contributed by atoms with Crippen LogP contribution in [0.25, 0.3) is 0 Å². The molecule has 34 heavy (non-hydrogen) atoms. The molecule has 0 aliphatic rings. The van der Waals surface area contributed by atoms with E-state index in [0.29, 0.717) is 12.0 Å². The summed E-state index contributed by atoms with van der Waals surface area (Å²) in [5.41, 5.74) is -0.318. The first-order valence-electron chi connectivity index (χ1n) is 11.2. The molecule has 0 saturated heterocycles. The number of amides is 3. The Hall–Kier alpha value is -3.30. The van der Waals surface area contributed by atoms with Gasteiger partial charge in [0.2, 0.25) is 11.8 Å². The summed E-state index contributed by atoms with van der Waals surface area (Å²) in [5, 5.41) is 14.8. The molecule has 10 heteroatoms. The van der Waals surface area contributed by atoms with Gasteiger partial charge < -0.3 is 30.1 Å². The lowest BCUT2D eigenvalue weighted by molar-refractivity contribution is -0.145. The summed E-state index contributed by atoms with van der Waals surface area (Å²) in [6.07, 6.45) is -0.214. The summed E-state index contributed by atoms with van der Waals surface area (Å²) in [7, 11) is 1.20. The Morgan fingerprint density at radius 3 is 2.15 bits per heavy atom. The standard InChI is InChI=1S/C24H37N3O7/c1-8-13-27(22(31)19(15(2)3)26-23(32)34-24(4,5)6)20(16-9-11-17(28)12-10-16)21(30)25-14-18(29)33-7/h9-12,15,19-20,28H,8,13-14H2,1-7H3,(H,25,30)(H,26,32). The Kier molecular flexibility index (Phi) is 10.8. The third-order valence-electron chi connectivity index (χ3n) is 4.76. The molecule has 1 rings (SSSR count). The van der Waals surface area contributed by atoms with Crippen molar-refractivity contribution < 1.29 is 33.8 Å². The molecule has 0 saturated carbocycles. The second-order valence-electron chi connectivity index (χ2n) is 9.19. The Balaban J connectivity index is 3.36. The van der Waals surface area contributed by atoms with Crippen LogP contribution < -0.4 is 10.6 Å². The molecule has 10 nitrogen and oxygen atoms in total. The number of aromatic hydroxyl groups is 1. The fraction of sp³-hybridized carbons (Fsp3) is 0.583. The van der Waals surface area contributed by atoms with Gasteiger partial charge in [-0.2, -0.15) is 0 Å². The van der Waals surface area contributed by atoms with Crippen LogP contribution in [0.1, 0.15) is 59.6 Å². The van der Waals surface area contributed by atoms with Crippen molar-refractivity contribution in [1.29, 1.82) is 0 Å². The van der Waals surface area contributed by atoms with E-state index in [-0.39, 0.29) is 24.8 Å². The number of phenols is 1. The van der Waals surface area contributed by atoms with Gasteiger partial charge in [0, 0.05) is 6.54 Å². The van der Waals surface area contributed by atoms with Gasteiger partial charge in [0.25, 0.3) is 0 Å². The molecule has 0 aliphatic heterocycles. The van der Waals surface area contributed by atoms with Crippen molar-refractivity contribution in [2.75, 3.05) is 20.2 Å². The SMILES string of the molecule is CCCN(C(=O)C(NC(=O)OC(C)(C)C)C(C)C)C(C(=O)NCC(=O)OC)c1ccc(O)cc1. The number of carbonyl (C=O) groups excluding carboxylic acids is 4. The maximum atomic E-state index is 13.7. The number of ether oxygens (including phenoxy) is 2. The number of esters is 1. The van der Waals surface area contributed by atoms with Crippen molar-refractivity contribution in [2.24, 2.45) is 5.92 Å². The fourth-order valence-corrected chi connectivity index (χ4v) is 3.19. The summed E-state index contributed by atoms with van der Waals surface area (Å²) in [6, 6.07) is 3.79. The van der Waals surface area contributed by atoms with Gasteiger partial charge >= 0.3 is 12.1 Å². The molecule has 1 aromatic carbocycles. The van der Waals surface area contributed by atoms with E-state index in [4.69, 9.17) is 4.74 Å². The van der Waals surface area contributed by atoms with Crippen LogP contribution in [0.3, 0.4) is 0 Å². The van der Waals surface area contributed by atoms with Crippen LogP contribution in [0.5, 0.6) is 5.75 Å². The number of alkyl carbamates (subject to hydrolysis) is 1. The zero-order valence-corrected chi connectivity index (χ0v) is 21.0. The highest BCUT2D eigenvalue weighted by atomic mass is 16.6. The minimum absolute atomic E-state index is 0.00233. The van der Waals surface area contributed by atoms with Crippen molar-refractivity contribution in [3.8, 4) is 5.75 Å². The normalized spacial score (nSPS) is 12.9. The van der Waals surface area contributed by atoms with Gasteiger partial charge in [-0.3, -0.25) is 14.4 Å². The summed E-state index contributed by atoms with van der Waals surface area (Å²) in [5.74, 6) is -2.03. The van der Waals surface area contributed by atoms with E-state index in [1.54, 1.807) is 34.6 Å². The largest absolute Gasteiger partial charge is 0.508 e. The average molecular weight is 480 g/mol. The molecule has 0 aliphatic carbocycles. The minimum atomic E-state index is -1.11. The van der Waals surface area contributed by atoms with E-state index < -0.39 is 41.6 Å². The molecular formula is C24H37N3O7. The maximum absolute atomic E-state index is 13.7. The van der Waals surface area contributed by atoms with E-state index in [1.165, 1.54) is 36.3 Å². The van der Waals surface area contributed by atoms with Gasteiger partial charge in [0.15, 0.2) is 0 Å². The van der Waals surface area contributed by atoms with E-state index in [1.807, 2.05) is 6.92 Å². The van der Waals surface area contributed by atoms with E-state index in [0.717, 1.165) is 0 Å².